The smallest absolute Gasteiger partial charge is 0.117 e. The zero-order chi connectivity index (χ0) is 11.2. The fraction of sp³-hybridized carbons (Fsp3) is 0. The summed E-state index contributed by atoms with van der Waals surface area (Å²) in [7, 11) is 0. The molecule has 0 saturated heterocycles. The van der Waals surface area contributed by atoms with Crippen molar-refractivity contribution in [2.45, 2.75) is 0 Å². The predicted molar refractivity (Wildman–Crippen MR) is 67.7 cm³/mol. The molecule has 16 heavy (non-hydrogen) atoms. The number of phenols is 1. The van der Waals surface area contributed by atoms with Crippen LogP contribution in [-0.4, -0.2) is 10.1 Å². The van der Waals surface area contributed by atoms with Gasteiger partial charge in [0.05, 0.1) is 15.7 Å². The van der Waals surface area contributed by atoms with Gasteiger partial charge in [-0.3, -0.25) is 0 Å². The number of thiazole rings is 1. The van der Waals surface area contributed by atoms with Crippen molar-refractivity contribution in [3.63, 3.8) is 0 Å². The molecule has 2 nitrogen and oxygen atoms in total. The first-order valence-corrected chi connectivity index (χ1v) is 5.76. The minimum absolute atomic E-state index is 0.303. The lowest BCUT2D eigenvalue weighted by Crippen LogP contribution is -1.65. The number of hydrogen-bond acceptors (Lipinski definition) is 3. The Bertz CT molecular complexity index is 521. The number of hydrogen-bond donors (Lipinski definition) is 1. The van der Waals surface area contributed by atoms with E-state index < -0.39 is 0 Å². The van der Waals surface area contributed by atoms with Crippen molar-refractivity contribution in [3.05, 3.63) is 60.1 Å². The van der Waals surface area contributed by atoms with Gasteiger partial charge in [-0.25, -0.2) is 4.98 Å². The summed E-state index contributed by atoms with van der Waals surface area (Å²) in [5.41, 5.74) is 2.72. The number of fused-ring (bicyclic) bond motifs is 1. The molecular formula is C13H11NOS. The number of phenolic OH excluding ortho intramolecular Hbond substituents is 1. The Hall–Kier alpha value is -1.87. The van der Waals surface area contributed by atoms with Crippen molar-refractivity contribution in [1.29, 1.82) is 0 Å². The highest BCUT2D eigenvalue weighted by Crippen LogP contribution is 2.21. The molecule has 0 aliphatic heterocycles. The van der Waals surface area contributed by atoms with Crippen molar-refractivity contribution in [2.24, 2.45) is 0 Å². The van der Waals surface area contributed by atoms with Gasteiger partial charge in [0.2, 0.25) is 0 Å². The third-order valence-electron chi connectivity index (χ3n) is 1.98. The molecule has 3 rings (SSSR count). The molecule has 3 heteroatoms. The number of aromatic hydroxyl groups is 1. The van der Waals surface area contributed by atoms with Crippen LogP contribution in [0.2, 0.25) is 0 Å². The Morgan fingerprint density at radius 3 is 2.19 bits per heavy atom. The molecule has 80 valence electrons. The van der Waals surface area contributed by atoms with E-state index in [9.17, 15) is 0 Å². The first kappa shape index (κ1) is 10.6. The molecule has 0 radical (unpaired) electrons. The summed E-state index contributed by atoms with van der Waals surface area (Å²) in [6.45, 7) is 0. The summed E-state index contributed by atoms with van der Waals surface area (Å²) in [6.07, 6.45) is 0. The van der Waals surface area contributed by atoms with Crippen LogP contribution in [0.5, 0.6) is 5.75 Å². The van der Waals surface area contributed by atoms with Crippen molar-refractivity contribution in [2.75, 3.05) is 0 Å². The monoisotopic (exact) mass is 229 g/mol. The summed E-state index contributed by atoms with van der Waals surface area (Å²) < 4.78 is 1.03. The molecule has 1 heterocycles. The minimum Gasteiger partial charge on any atom is -0.508 e. The number of rotatable bonds is 0. The largest absolute Gasteiger partial charge is 0.508 e. The van der Waals surface area contributed by atoms with Crippen molar-refractivity contribution in [3.8, 4) is 5.75 Å². The zero-order valence-corrected chi connectivity index (χ0v) is 9.39. The van der Waals surface area contributed by atoms with Gasteiger partial charge >= 0.3 is 0 Å². The second-order valence-electron chi connectivity index (χ2n) is 3.16. The van der Waals surface area contributed by atoms with Crippen LogP contribution in [0, 0.1) is 0 Å². The third kappa shape index (κ3) is 2.81. The molecule has 1 aromatic heterocycles. The molecule has 0 unspecified atom stereocenters. The second-order valence-corrected chi connectivity index (χ2v) is 4.05. The summed E-state index contributed by atoms with van der Waals surface area (Å²) >= 11 is 1.53. The van der Waals surface area contributed by atoms with E-state index in [-0.39, 0.29) is 0 Å². The first-order chi connectivity index (χ1) is 7.86. The predicted octanol–water partition coefficient (Wildman–Crippen LogP) is 3.69. The van der Waals surface area contributed by atoms with Crippen molar-refractivity contribution >= 4 is 21.6 Å². The summed E-state index contributed by atoms with van der Waals surface area (Å²) in [6, 6.07) is 17.2. The van der Waals surface area contributed by atoms with Crippen LogP contribution in [0.15, 0.2) is 60.1 Å². The summed E-state index contributed by atoms with van der Waals surface area (Å²) in [4.78, 5) is 4.07. The molecule has 0 aliphatic carbocycles. The molecular weight excluding hydrogens is 218 g/mol. The zero-order valence-electron chi connectivity index (χ0n) is 8.58. The van der Waals surface area contributed by atoms with E-state index in [1.165, 1.54) is 11.3 Å². The molecule has 0 spiro atoms. The van der Waals surface area contributed by atoms with Crippen molar-refractivity contribution < 1.29 is 5.11 Å². The van der Waals surface area contributed by atoms with Crippen LogP contribution >= 0.6 is 11.3 Å². The van der Waals surface area contributed by atoms with Gasteiger partial charge in [-0.2, -0.15) is 0 Å². The minimum atomic E-state index is 0.303. The number of aromatic nitrogens is 1. The number of benzene rings is 2. The van der Waals surface area contributed by atoms with Gasteiger partial charge in [0.15, 0.2) is 0 Å². The van der Waals surface area contributed by atoms with Crippen LogP contribution in [0.1, 0.15) is 0 Å². The van der Waals surface area contributed by atoms with E-state index >= 15 is 0 Å². The molecule has 0 fully saturated rings. The molecule has 0 saturated carbocycles. The van der Waals surface area contributed by atoms with Gasteiger partial charge in [-0.1, -0.05) is 36.4 Å². The Balaban J connectivity index is 0.000000138. The molecule has 0 amide bonds. The fourth-order valence-electron chi connectivity index (χ4n) is 1.23. The lowest BCUT2D eigenvalue weighted by atomic mass is 10.3. The Kier molecular flexibility index (Phi) is 3.51. The van der Waals surface area contributed by atoms with E-state index in [1.807, 2.05) is 36.4 Å². The maximum absolute atomic E-state index is 9.03. The Labute approximate surface area is 97.8 Å². The van der Waals surface area contributed by atoms with Crippen LogP contribution in [0.25, 0.3) is 10.2 Å². The average Bonchev–Trinajstić information content (AvgIpc) is 2.79. The van der Waals surface area contributed by atoms with E-state index in [4.69, 9.17) is 5.11 Å². The highest BCUT2D eigenvalue weighted by molar-refractivity contribution is 7.16. The summed E-state index contributed by atoms with van der Waals surface area (Å²) in [5.74, 6) is 0.303. The molecule has 3 aromatic rings. The molecule has 0 bridgehead atoms. The normalized spacial score (nSPS) is 9.50. The average molecular weight is 229 g/mol. The van der Waals surface area contributed by atoms with E-state index in [2.05, 4.69) is 4.98 Å². The highest BCUT2D eigenvalue weighted by Gasteiger charge is 1.95. The quantitative estimate of drug-likeness (QED) is 0.637. The first-order valence-electron chi connectivity index (χ1n) is 4.88. The van der Waals surface area contributed by atoms with Crippen LogP contribution in [0.3, 0.4) is 0 Å². The molecule has 1 N–H and O–H groups in total. The maximum atomic E-state index is 9.03. The lowest BCUT2D eigenvalue weighted by Gasteiger charge is -1.87. The lowest BCUT2D eigenvalue weighted by molar-refractivity contribution is 0.476. The highest BCUT2D eigenvalue weighted by atomic mass is 32.1. The van der Waals surface area contributed by atoms with Gasteiger partial charge in [0, 0.05) is 0 Å². The Morgan fingerprint density at radius 2 is 1.56 bits per heavy atom. The standard InChI is InChI=1S/C7H5NOS.C6H6/c9-5-1-2-6-7(3-5)10-4-8-6;1-2-4-6-5-3-1/h1-4,9H;1-6H. The second kappa shape index (κ2) is 5.28. The third-order valence-corrected chi connectivity index (χ3v) is 2.77. The van der Waals surface area contributed by atoms with Crippen LogP contribution in [-0.2, 0) is 0 Å². The summed E-state index contributed by atoms with van der Waals surface area (Å²) in [5, 5.41) is 9.03. The van der Waals surface area contributed by atoms with Crippen LogP contribution < -0.4 is 0 Å². The van der Waals surface area contributed by atoms with Gasteiger partial charge in [0.25, 0.3) is 0 Å². The van der Waals surface area contributed by atoms with Gasteiger partial charge in [-0.05, 0) is 18.2 Å². The molecule has 2 aromatic carbocycles. The SMILES string of the molecule is Oc1ccc2ncsc2c1.c1ccccc1. The van der Waals surface area contributed by atoms with E-state index in [0.29, 0.717) is 5.75 Å². The van der Waals surface area contributed by atoms with Crippen LogP contribution in [0.4, 0.5) is 0 Å². The molecule has 0 aliphatic rings. The van der Waals surface area contributed by atoms with E-state index in [1.54, 1.807) is 23.7 Å². The Morgan fingerprint density at radius 1 is 0.938 bits per heavy atom. The number of nitrogens with zero attached hydrogens (tertiary/aromatic N) is 1. The maximum Gasteiger partial charge on any atom is 0.117 e. The molecule has 0 atom stereocenters. The van der Waals surface area contributed by atoms with Crippen molar-refractivity contribution in [1.82, 2.24) is 4.98 Å². The fourth-order valence-corrected chi connectivity index (χ4v) is 1.94. The van der Waals surface area contributed by atoms with Gasteiger partial charge < -0.3 is 5.11 Å². The van der Waals surface area contributed by atoms with Gasteiger partial charge in [0.1, 0.15) is 5.75 Å². The van der Waals surface area contributed by atoms with Gasteiger partial charge in [-0.15, -0.1) is 11.3 Å². The topological polar surface area (TPSA) is 33.1 Å². The van der Waals surface area contributed by atoms with E-state index in [0.717, 1.165) is 10.2 Å².